The van der Waals surface area contributed by atoms with E-state index in [4.69, 9.17) is 9.73 Å². The van der Waals surface area contributed by atoms with Crippen LogP contribution in [-0.2, 0) is 15.7 Å². The number of benzene rings is 2. The van der Waals surface area contributed by atoms with Gasteiger partial charge in [-0.1, -0.05) is 12.1 Å². The summed E-state index contributed by atoms with van der Waals surface area (Å²) < 4.78 is 73.7. The number of hydrogen-bond donors (Lipinski definition) is 0. The molecule has 0 bridgehead atoms. The number of rotatable bonds is 5. The number of amidine groups is 1. The van der Waals surface area contributed by atoms with Gasteiger partial charge in [0, 0.05) is 42.4 Å². The van der Waals surface area contributed by atoms with E-state index in [1.54, 1.807) is 17.0 Å². The number of likely N-dealkylation sites (tertiary alicyclic amines) is 1. The van der Waals surface area contributed by atoms with Gasteiger partial charge in [0.25, 0.3) is 0 Å². The van der Waals surface area contributed by atoms with E-state index < -0.39 is 29.6 Å². The molecule has 2 heterocycles. The van der Waals surface area contributed by atoms with Gasteiger partial charge in [-0.3, -0.25) is 4.79 Å². The molecule has 0 N–H and O–H groups in total. The molecule has 1 atom stereocenters. The number of ether oxygens (including phenoxy) is 1. The predicted molar refractivity (Wildman–Crippen MR) is 138 cm³/mol. The molecule has 39 heavy (non-hydrogen) atoms. The number of halogens is 5. The zero-order valence-corrected chi connectivity index (χ0v) is 21.3. The Morgan fingerprint density at radius 3 is 2.49 bits per heavy atom. The maximum absolute atomic E-state index is 14.3. The molecular formula is C29H28F5N3O2. The zero-order valence-electron chi connectivity index (χ0n) is 21.3. The van der Waals surface area contributed by atoms with Crippen LogP contribution < -0.4 is 4.90 Å². The SMILES string of the molecule is COC(=O)CC1c2ccc(F)cc2N=C(C2CCN(C3=CC=C(F)CC3)CC2)N1c1cccc(C(F)(F)F)c1. The van der Waals surface area contributed by atoms with Crippen molar-refractivity contribution in [1.82, 2.24) is 4.90 Å². The van der Waals surface area contributed by atoms with E-state index in [-0.39, 0.29) is 23.9 Å². The summed E-state index contributed by atoms with van der Waals surface area (Å²) in [6.45, 7) is 1.30. The predicted octanol–water partition coefficient (Wildman–Crippen LogP) is 7.24. The standard InChI is InChI=1S/C29H28F5N3O2/c1-39-27(38)17-26-24-10-7-21(31)16-25(24)35-28(37(26)23-4-2-3-19(15-23)29(32,33)34)18-11-13-36(14-12-18)22-8-5-20(30)6-9-22/h2-5,7-8,10,15-16,18,26H,6,9,11-14,17H2,1H3. The molecule has 5 nitrogen and oxygen atoms in total. The Bertz CT molecular complexity index is 1340. The van der Waals surface area contributed by atoms with Crippen molar-refractivity contribution in [1.29, 1.82) is 0 Å². The van der Waals surface area contributed by atoms with Crippen LogP contribution in [0, 0.1) is 11.7 Å². The van der Waals surface area contributed by atoms with E-state index in [2.05, 4.69) is 4.90 Å². The number of esters is 1. The number of carbonyl (C=O) groups is 1. The van der Waals surface area contributed by atoms with E-state index in [1.807, 2.05) is 0 Å². The Hall–Kier alpha value is -3.69. The van der Waals surface area contributed by atoms with Crippen LogP contribution in [-0.4, -0.2) is 36.9 Å². The van der Waals surface area contributed by atoms with Crippen LogP contribution in [0.1, 0.15) is 49.3 Å². The van der Waals surface area contributed by atoms with Gasteiger partial charge in [0.2, 0.25) is 0 Å². The van der Waals surface area contributed by atoms with Crippen LogP contribution in [0.5, 0.6) is 0 Å². The molecule has 1 unspecified atom stereocenters. The fourth-order valence-electron chi connectivity index (χ4n) is 5.54. The molecule has 5 rings (SSSR count). The molecule has 10 heteroatoms. The minimum absolute atomic E-state index is 0.149. The minimum Gasteiger partial charge on any atom is -0.469 e. The third-order valence-electron chi connectivity index (χ3n) is 7.53. The van der Waals surface area contributed by atoms with Crippen LogP contribution >= 0.6 is 0 Å². The van der Waals surface area contributed by atoms with Crippen molar-refractivity contribution in [2.45, 2.75) is 44.3 Å². The first-order valence-electron chi connectivity index (χ1n) is 12.9. The molecule has 0 radical (unpaired) electrons. The Morgan fingerprint density at radius 2 is 1.82 bits per heavy atom. The van der Waals surface area contributed by atoms with E-state index in [9.17, 15) is 26.7 Å². The highest BCUT2D eigenvalue weighted by Gasteiger charge is 2.39. The van der Waals surface area contributed by atoms with Gasteiger partial charge in [0.1, 0.15) is 17.5 Å². The average Bonchev–Trinajstić information content (AvgIpc) is 2.92. The van der Waals surface area contributed by atoms with Gasteiger partial charge in [-0.25, -0.2) is 13.8 Å². The Morgan fingerprint density at radius 1 is 1.05 bits per heavy atom. The fourth-order valence-corrected chi connectivity index (χ4v) is 5.54. The van der Waals surface area contributed by atoms with Crippen molar-refractivity contribution < 1.29 is 31.5 Å². The molecule has 2 aliphatic heterocycles. The monoisotopic (exact) mass is 545 g/mol. The molecule has 3 aliphatic rings. The van der Waals surface area contributed by atoms with Crippen LogP contribution in [0.3, 0.4) is 0 Å². The Balaban J connectivity index is 1.55. The van der Waals surface area contributed by atoms with Crippen LogP contribution in [0.25, 0.3) is 0 Å². The maximum Gasteiger partial charge on any atom is 0.416 e. The molecule has 0 spiro atoms. The van der Waals surface area contributed by atoms with Crippen molar-refractivity contribution in [3.63, 3.8) is 0 Å². The fraction of sp³-hybridized carbons (Fsp3) is 0.379. The summed E-state index contributed by atoms with van der Waals surface area (Å²) in [5.41, 5.74) is 1.35. The van der Waals surface area contributed by atoms with Gasteiger partial charge in [-0.2, -0.15) is 13.2 Å². The van der Waals surface area contributed by atoms with Crippen LogP contribution in [0.4, 0.5) is 33.3 Å². The first kappa shape index (κ1) is 26.9. The first-order chi connectivity index (χ1) is 18.6. The number of alkyl halides is 3. The van der Waals surface area contributed by atoms with Gasteiger partial charge >= 0.3 is 12.1 Å². The number of anilines is 1. The lowest BCUT2D eigenvalue weighted by atomic mass is 9.89. The highest BCUT2D eigenvalue weighted by atomic mass is 19.4. The number of nitrogens with zero attached hydrogens (tertiary/aromatic N) is 3. The summed E-state index contributed by atoms with van der Waals surface area (Å²) >= 11 is 0. The number of fused-ring (bicyclic) bond motifs is 1. The van der Waals surface area contributed by atoms with Crippen molar-refractivity contribution in [3.05, 3.63) is 83.1 Å². The van der Waals surface area contributed by atoms with E-state index in [0.717, 1.165) is 17.8 Å². The lowest BCUT2D eigenvalue weighted by Gasteiger charge is -2.43. The maximum atomic E-state index is 14.3. The summed E-state index contributed by atoms with van der Waals surface area (Å²) in [5, 5.41) is 0. The second kappa shape index (κ2) is 10.8. The van der Waals surface area contributed by atoms with Crippen molar-refractivity contribution in [3.8, 4) is 0 Å². The quantitative estimate of drug-likeness (QED) is 0.294. The topological polar surface area (TPSA) is 45.1 Å². The van der Waals surface area contributed by atoms with Crippen molar-refractivity contribution in [2.24, 2.45) is 10.9 Å². The number of allylic oxidation sites excluding steroid dienone is 4. The first-order valence-corrected chi connectivity index (χ1v) is 12.9. The number of hydrogen-bond acceptors (Lipinski definition) is 5. The van der Waals surface area contributed by atoms with Crippen molar-refractivity contribution >= 4 is 23.2 Å². The smallest absolute Gasteiger partial charge is 0.416 e. The molecule has 0 amide bonds. The van der Waals surface area contributed by atoms with E-state index in [0.29, 0.717) is 55.9 Å². The van der Waals surface area contributed by atoms with Crippen LogP contribution in [0.15, 0.2) is 71.1 Å². The molecule has 2 aromatic rings. The van der Waals surface area contributed by atoms with Crippen molar-refractivity contribution in [2.75, 3.05) is 25.1 Å². The zero-order chi connectivity index (χ0) is 27.7. The lowest BCUT2D eigenvalue weighted by Crippen LogP contribution is -2.46. The molecule has 0 saturated carbocycles. The summed E-state index contributed by atoms with van der Waals surface area (Å²) in [6, 6.07) is 8.25. The number of aliphatic imine (C=N–C) groups is 1. The van der Waals surface area contributed by atoms with Gasteiger partial charge in [-0.15, -0.1) is 0 Å². The Labute approximate surface area is 223 Å². The molecular weight excluding hydrogens is 517 g/mol. The van der Waals surface area contributed by atoms with Gasteiger partial charge in [-0.05, 0) is 61.7 Å². The third-order valence-corrected chi connectivity index (χ3v) is 7.53. The van der Waals surface area contributed by atoms with E-state index >= 15 is 0 Å². The summed E-state index contributed by atoms with van der Waals surface area (Å²) in [4.78, 5) is 21.2. The minimum atomic E-state index is -4.56. The summed E-state index contributed by atoms with van der Waals surface area (Å²) in [5.74, 6) is -0.869. The third kappa shape index (κ3) is 5.69. The van der Waals surface area contributed by atoms with Gasteiger partial charge in [0.15, 0.2) is 0 Å². The van der Waals surface area contributed by atoms with Gasteiger partial charge < -0.3 is 14.5 Å². The van der Waals surface area contributed by atoms with Crippen LogP contribution in [0.2, 0.25) is 0 Å². The molecule has 2 aromatic carbocycles. The average molecular weight is 546 g/mol. The second-order valence-electron chi connectivity index (χ2n) is 9.92. The van der Waals surface area contributed by atoms with E-state index in [1.165, 1.54) is 37.5 Å². The summed E-state index contributed by atoms with van der Waals surface area (Å²) in [7, 11) is 1.25. The number of methoxy groups -OCH3 is 1. The summed E-state index contributed by atoms with van der Waals surface area (Å²) in [6.07, 6.45) is 0.785. The van der Waals surface area contributed by atoms with Gasteiger partial charge in [0.05, 0.1) is 30.8 Å². The number of piperidine rings is 1. The molecule has 1 aliphatic carbocycles. The molecule has 1 saturated heterocycles. The molecule has 206 valence electrons. The lowest BCUT2D eigenvalue weighted by molar-refractivity contribution is -0.141. The molecule has 0 aromatic heterocycles. The normalized spacial score (nSPS) is 20.2. The number of carbonyl (C=O) groups excluding carboxylic acids is 1. The highest BCUT2D eigenvalue weighted by molar-refractivity contribution is 6.04. The Kier molecular flexibility index (Phi) is 7.46. The largest absolute Gasteiger partial charge is 0.469 e. The second-order valence-corrected chi connectivity index (χ2v) is 9.92. The highest BCUT2D eigenvalue weighted by Crippen LogP contribution is 2.44. The molecule has 1 fully saturated rings.